The lowest BCUT2D eigenvalue weighted by atomic mass is 10.3. The molecule has 4 rings (SSSR count). The van der Waals surface area contributed by atoms with E-state index >= 15 is 0 Å². The predicted molar refractivity (Wildman–Crippen MR) is 81.4 cm³/mol. The molecule has 4 heteroatoms. The number of para-hydroxylation sites is 1. The maximum absolute atomic E-state index is 5.50. The highest BCUT2D eigenvalue weighted by molar-refractivity contribution is 7.22. The zero-order chi connectivity index (χ0) is 13.1. The number of pyridine rings is 1. The molecule has 3 aromatic heterocycles. The number of hydrogen-bond acceptors (Lipinski definition) is 3. The van der Waals surface area contributed by atoms with Gasteiger partial charge in [-0.25, -0.2) is 4.98 Å². The Kier molecular flexibility index (Phi) is 3.16. The Labute approximate surface area is 114 Å². The third-order valence-corrected chi connectivity index (χ3v) is 3.61. The number of nitrogens with zero attached hydrogens (tertiary/aromatic N) is 2. The molecule has 0 saturated heterocycles. The molecule has 0 amide bonds. The Morgan fingerprint density at radius 2 is 1.63 bits per heavy atom. The van der Waals surface area contributed by atoms with E-state index in [-0.39, 0.29) is 0 Å². The highest BCUT2D eigenvalue weighted by Gasteiger charge is 1.96. The van der Waals surface area contributed by atoms with Crippen LogP contribution < -0.4 is 5.73 Å². The summed E-state index contributed by atoms with van der Waals surface area (Å²) >= 11 is 1.52. The highest BCUT2D eigenvalue weighted by Crippen LogP contribution is 2.22. The van der Waals surface area contributed by atoms with Crippen molar-refractivity contribution in [1.29, 1.82) is 0 Å². The van der Waals surface area contributed by atoms with Gasteiger partial charge in [0.15, 0.2) is 5.13 Å². The van der Waals surface area contributed by atoms with Crippen LogP contribution in [0.15, 0.2) is 67.0 Å². The summed E-state index contributed by atoms with van der Waals surface area (Å²) in [6, 6.07) is 18.2. The summed E-state index contributed by atoms with van der Waals surface area (Å²) in [5.41, 5.74) is 7.74. The number of nitrogens with two attached hydrogens (primary N) is 1. The molecule has 94 valence electrons. The van der Waals surface area contributed by atoms with Gasteiger partial charge in [-0.2, -0.15) is 0 Å². The van der Waals surface area contributed by atoms with Gasteiger partial charge in [-0.05, 0) is 36.4 Å². The van der Waals surface area contributed by atoms with Crippen LogP contribution in [-0.4, -0.2) is 9.38 Å². The van der Waals surface area contributed by atoms with Crippen LogP contribution in [0.4, 0.5) is 5.13 Å². The molecule has 4 aromatic rings. The minimum Gasteiger partial charge on any atom is -0.375 e. The Morgan fingerprint density at radius 3 is 2.47 bits per heavy atom. The average molecular weight is 267 g/mol. The van der Waals surface area contributed by atoms with Gasteiger partial charge >= 0.3 is 0 Å². The smallest absolute Gasteiger partial charge is 0.181 e. The van der Waals surface area contributed by atoms with Crippen LogP contribution in [0.2, 0.25) is 0 Å². The molecule has 0 atom stereocenters. The Morgan fingerprint density at radius 1 is 0.895 bits per heavy atom. The second kappa shape index (κ2) is 5.12. The standard InChI is InChI=1S/C8H7N.C7H6N2S/c1-2-6-9-7-3-5-8(9)4-1;8-7-9-5-3-1-2-4-6(5)10-7/h1-7H;1-4H,(H2,8,9). The molecule has 0 aliphatic heterocycles. The number of rotatable bonds is 0. The van der Waals surface area contributed by atoms with E-state index in [4.69, 9.17) is 5.73 Å². The molecule has 0 spiro atoms. The van der Waals surface area contributed by atoms with Gasteiger partial charge in [0, 0.05) is 17.9 Å². The van der Waals surface area contributed by atoms with Gasteiger partial charge in [-0.15, -0.1) is 0 Å². The van der Waals surface area contributed by atoms with Gasteiger partial charge < -0.3 is 10.1 Å². The molecule has 3 nitrogen and oxygen atoms in total. The minimum atomic E-state index is 0.640. The predicted octanol–water partition coefficient (Wildman–Crippen LogP) is 3.82. The van der Waals surface area contributed by atoms with Crippen LogP contribution in [0.25, 0.3) is 15.7 Å². The molecule has 1 aromatic carbocycles. The lowest BCUT2D eigenvalue weighted by Gasteiger charge is -1.88. The minimum absolute atomic E-state index is 0.640. The van der Waals surface area contributed by atoms with Crippen LogP contribution in [0, 0.1) is 0 Å². The molecule has 19 heavy (non-hydrogen) atoms. The molecule has 0 fully saturated rings. The number of fused-ring (bicyclic) bond motifs is 2. The van der Waals surface area contributed by atoms with Gasteiger partial charge in [0.1, 0.15) is 0 Å². The normalized spacial score (nSPS) is 10.3. The lowest BCUT2D eigenvalue weighted by Crippen LogP contribution is -1.78. The lowest BCUT2D eigenvalue weighted by molar-refractivity contribution is 1.20. The number of thiazole rings is 1. The van der Waals surface area contributed by atoms with Gasteiger partial charge in [-0.1, -0.05) is 29.5 Å². The second-order valence-electron chi connectivity index (χ2n) is 4.06. The molecule has 0 radical (unpaired) electrons. The van der Waals surface area contributed by atoms with Crippen LogP contribution in [0.3, 0.4) is 0 Å². The van der Waals surface area contributed by atoms with Crippen molar-refractivity contribution in [2.24, 2.45) is 0 Å². The fourth-order valence-electron chi connectivity index (χ4n) is 1.87. The average Bonchev–Trinajstić information content (AvgIpc) is 3.03. The largest absolute Gasteiger partial charge is 0.375 e. The summed E-state index contributed by atoms with van der Waals surface area (Å²) < 4.78 is 3.24. The highest BCUT2D eigenvalue weighted by atomic mass is 32.1. The third kappa shape index (κ3) is 2.58. The second-order valence-corrected chi connectivity index (χ2v) is 5.12. The topological polar surface area (TPSA) is 43.3 Å². The fraction of sp³-hybridized carbons (Fsp3) is 0. The van der Waals surface area contributed by atoms with E-state index in [0.717, 1.165) is 10.2 Å². The zero-order valence-corrected chi connectivity index (χ0v) is 11.0. The molecular formula is C15H13N3S. The molecule has 0 saturated carbocycles. The molecule has 0 aliphatic carbocycles. The van der Waals surface area contributed by atoms with Crippen molar-refractivity contribution in [2.45, 2.75) is 0 Å². The maximum Gasteiger partial charge on any atom is 0.181 e. The molecule has 0 unspecified atom stereocenters. The summed E-state index contributed by atoms with van der Waals surface area (Å²) in [5.74, 6) is 0. The summed E-state index contributed by atoms with van der Waals surface area (Å²) in [5, 5.41) is 0.640. The third-order valence-electron chi connectivity index (χ3n) is 2.75. The molecule has 0 aliphatic rings. The van der Waals surface area contributed by atoms with Crippen molar-refractivity contribution in [1.82, 2.24) is 9.38 Å². The number of aromatic nitrogens is 2. The van der Waals surface area contributed by atoms with E-state index in [1.54, 1.807) is 0 Å². The van der Waals surface area contributed by atoms with Crippen molar-refractivity contribution in [3.63, 3.8) is 0 Å². The van der Waals surface area contributed by atoms with Crippen molar-refractivity contribution in [3.8, 4) is 0 Å². The van der Waals surface area contributed by atoms with Crippen molar-refractivity contribution < 1.29 is 0 Å². The first kappa shape index (κ1) is 11.7. The summed E-state index contributed by atoms with van der Waals surface area (Å²) in [7, 11) is 0. The van der Waals surface area contributed by atoms with E-state index in [0.29, 0.717) is 5.13 Å². The molecular weight excluding hydrogens is 254 g/mol. The first-order valence-corrected chi connectivity index (χ1v) is 6.77. The summed E-state index contributed by atoms with van der Waals surface area (Å²) in [6.07, 6.45) is 4.07. The van der Waals surface area contributed by atoms with Crippen LogP contribution in [0.1, 0.15) is 0 Å². The number of hydrogen-bond donors (Lipinski definition) is 1. The Balaban J connectivity index is 0.000000117. The van der Waals surface area contributed by atoms with E-state index in [1.807, 2.05) is 54.9 Å². The van der Waals surface area contributed by atoms with Gasteiger partial charge in [0.25, 0.3) is 0 Å². The number of benzene rings is 1. The van der Waals surface area contributed by atoms with E-state index in [2.05, 4.69) is 21.5 Å². The molecule has 0 bridgehead atoms. The molecule has 2 N–H and O–H groups in total. The fourth-order valence-corrected chi connectivity index (χ4v) is 2.60. The van der Waals surface area contributed by atoms with E-state index in [9.17, 15) is 0 Å². The number of nitrogen functional groups attached to an aromatic ring is 1. The van der Waals surface area contributed by atoms with Crippen molar-refractivity contribution in [3.05, 3.63) is 67.0 Å². The Bertz CT molecular complexity index is 738. The summed E-state index contributed by atoms with van der Waals surface area (Å²) in [6.45, 7) is 0. The van der Waals surface area contributed by atoms with E-state index < -0.39 is 0 Å². The quantitative estimate of drug-likeness (QED) is 0.526. The van der Waals surface area contributed by atoms with Gasteiger partial charge in [0.2, 0.25) is 0 Å². The van der Waals surface area contributed by atoms with Crippen LogP contribution in [0.5, 0.6) is 0 Å². The van der Waals surface area contributed by atoms with Gasteiger partial charge in [0.05, 0.1) is 10.2 Å². The monoisotopic (exact) mass is 267 g/mol. The number of anilines is 1. The van der Waals surface area contributed by atoms with E-state index in [1.165, 1.54) is 16.9 Å². The van der Waals surface area contributed by atoms with Gasteiger partial charge in [-0.3, -0.25) is 0 Å². The first-order valence-electron chi connectivity index (χ1n) is 5.96. The molecule has 3 heterocycles. The van der Waals surface area contributed by atoms with Crippen molar-refractivity contribution >= 4 is 32.2 Å². The first-order chi connectivity index (χ1) is 9.33. The maximum atomic E-state index is 5.50. The summed E-state index contributed by atoms with van der Waals surface area (Å²) in [4.78, 5) is 4.11. The van der Waals surface area contributed by atoms with Crippen LogP contribution >= 0.6 is 11.3 Å². The van der Waals surface area contributed by atoms with Crippen LogP contribution in [-0.2, 0) is 0 Å². The SMILES string of the molecule is Nc1nc2ccccc2s1.c1ccn2cccc2c1. The van der Waals surface area contributed by atoms with Crippen molar-refractivity contribution in [2.75, 3.05) is 5.73 Å². The zero-order valence-electron chi connectivity index (χ0n) is 10.2. The Hall–Kier alpha value is -2.33.